The van der Waals surface area contributed by atoms with E-state index >= 15 is 0 Å². The molecule has 4 rings (SSSR count). The third-order valence-electron chi connectivity index (χ3n) is 3.90. The van der Waals surface area contributed by atoms with Gasteiger partial charge in [-0.15, -0.1) is 0 Å². The van der Waals surface area contributed by atoms with Gasteiger partial charge in [0.1, 0.15) is 11.5 Å². The first-order chi connectivity index (χ1) is 11.1. The molecule has 0 amide bonds. The Morgan fingerprint density at radius 2 is 1.74 bits per heavy atom. The molecule has 3 nitrogen and oxygen atoms in total. The molecule has 3 aromatic rings. The number of fused-ring (bicyclic) bond motifs is 1. The van der Waals surface area contributed by atoms with Crippen LogP contribution in [-0.2, 0) is 6.42 Å². The lowest BCUT2D eigenvalue weighted by Gasteiger charge is -2.07. The molecule has 1 aromatic heterocycles. The van der Waals surface area contributed by atoms with Crippen molar-refractivity contribution >= 4 is 40.6 Å². The Hall–Kier alpha value is -1.68. The van der Waals surface area contributed by atoms with E-state index in [4.69, 9.17) is 39.9 Å². The van der Waals surface area contributed by atoms with Gasteiger partial charge in [-0.25, -0.2) is 4.68 Å². The zero-order valence-electron chi connectivity index (χ0n) is 12.0. The largest absolute Gasteiger partial charge is 0.369 e. The number of halogens is 3. The standard InChI is InChI=1S/C17H12Cl3N3/c18-10-3-1-4-11(9-10)23-17-12(7-8-21-17)16(22-23)15-13(19)5-2-6-14(15)20/h1-6,9,21H,7-8H2. The minimum absolute atomic E-state index is 0.600. The minimum atomic E-state index is 0.600. The van der Waals surface area contributed by atoms with E-state index in [0.717, 1.165) is 41.3 Å². The summed E-state index contributed by atoms with van der Waals surface area (Å²) in [5, 5.41) is 10.0. The van der Waals surface area contributed by atoms with Crippen LogP contribution in [-0.4, -0.2) is 16.3 Å². The highest BCUT2D eigenvalue weighted by Gasteiger charge is 2.26. The van der Waals surface area contributed by atoms with E-state index in [0.29, 0.717) is 15.1 Å². The summed E-state index contributed by atoms with van der Waals surface area (Å²) in [5.74, 6) is 0.971. The van der Waals surface area contributed by atoms with Crippen molar-refractivity contribution in [2.75, 3.05) is 11.9 Å². The Kier molecular flexibility index (Phi) is 3.72. The molecule has 0 radical (unpaired) electrons. The van der Waals surface area contributed by atoms with Gasteiger partial charge in [0.2, 0.25) is 0 Å². The van der Waals surface area contributed by atoms with Gasteiger partial charge in [-0.1, -0.05) is 46.9 Å². The van der Waals surface area contributed by atoms with Crippen LogP contribution < -0.4 is 5.32 Å². The van der Waals surface area contributed by atoms with Gasteiger partial charge in [0.15, 0.2) is 0 Å². The lowest BCUT2D eigenvalue weighted by atomic mass is 10.1. The van der Waals surface area contributed by atoms with Crippen molar-refractivity contribution in [3.05, 3.63) is 63.1 Å². The van der Waals surface area contributed by atoms with Crippen molar-refractivity contribution in [1.29, 1.82) is 0 Å². The van der Waals surface area contributed by atoms with Gasteiger partial charge in [0, 0.05) is 22.7 Å². The zero-order chi connectivity index (χ0) is 16.0. The lowest BCUT2D eigenvalue weighted by molar-refractivity contribution is 0.882. The van der Waals surface area contributed by atoms with E-state index in [-0.39, 0.29) is 0 Å². The third kappa shape index (κ3) is 2.49. The highest BCUT2D eigenvalue weighted by molar-refractivity contribution is 6.39. The average Bonchev–Trinajstić information content (AvgIpc) is 3.10. The highest BCUT2D eigenvalue weighted by atomic mass is 35.5. The fourth-order valence-corrected chi connectivity index (χ4v) is 3.66. The van der Waals surface area contributed by atoms with Gasteiger partial charge >= 0.3 is 0 Å². The first kappa shape index (κ1) is 14.9. The number of hydrogen-bond acceptors (Lipinski definition) is 2. The summed E-state index contributed by atoms with van der Waals surface area (Å²) in [5.41, 5.74) is 3.62. The minimum Gasteiger partial charge on any atom is -0.369 e. The van der Waals surface area contributed by atoms with Gasteiger partial charge in [-0.2, -0.15) is 5.10 Å². The molecule has 1 aliphatic rings. The Balaban J connectivity index is 1.96. The van der Waals surface area contributed by atoms with Crippen LogP contribution in [0.25, 0.3) is 16.9 Å². The third-order valence-corrected chi connectivity index (χ3v) is 4.77. The van der Waals surface area contributed by atoms with Gasteiger partial charge < -0.3 is 5.32 Å². The van der Waals surface area contributed by atoms with E-state index in [2.05, 4.69) is 5.32 Å². The van der Waals surface area contributed by atoms with Crippen molar-refractivity contribution < 1.29 is 0 Å². The molecule has 0 saturated heterocycles. The molecule has 1 aliphatic heterocycles. The molecule has 116 valence electrons. The second-order valence-corrected chi connectivity index (χ2v) is 6.59. The Morgan fingerprint density at radius 3 is 2.48 bits per heavy atom. The topological polar surface area (TPSA) is 29.9 Å². The van der Waals surface area contributed by atoms with Crippen LogP contribution in [0.4, 0.5) is 5.82 Å². The molecule has 0 atom stereocenters. The quantitative estimate of drug-likeness (QED) is 0.653. The number of aromatic nitrogens is 2. The van der Waals surface area contributed by atoms with Crippen molar-refractivity contribution in [2.24, 2.45) is 0 Å². The molecule has 1 N–H and O–H groups in total. The molecule has 2 heterocycles. The van der Waals surface area contributed by atoms with Crippen molar-refractivity contribution in [1.82, 2.24) is 9.78 Å². The molecule has 0 spiro atoms. The predicted molar refractivity (Wildman–Crippen MR) is 96.2 cm³/mol. The van der Waals surface area contributed by atoms with Crippen LogP contribution in [0.2, 0.25) is 15.1 Å². The number of benzene rings is 2. The normalized spacial score (nSPS) is 13.0. The van der Waals surface area contributed by atoms with Crippen LogP contribution in [0.1, 0.15) is 5.56 Å². The fraction of sp³-hybridized carbons (Fsp3) is 0.118. The second kappa shape index (κ2) is 5.75. The molecule has 2 aromatic carbocycles. The summed E-state index contributed by atoms with van der Waals surface area (Å²) < 4.78 is 1.86. The maximum absolute atomic E-state index is 6.37. The number of nitrogens with one attached hydrogen (secondary N) is 1. The molecule has 0 fully saturated rings. The smallest absolute Gasteiger partial charge is 0.133 e. The van der Waals surface area contributed by atoms with Crippen LogP contribution in [0.15, 0.2) is 42.5 Å². The zero-order valence-corrected chi connectivity index (χ0v) is 14.3. The first-order valence-corrected chi connectivity index (χ1v) is 8.34. The summed E-state index contributed by atoms with van der Waals surface area (Å²) >= 11 is 18.9. The summed E-state index contributed by atoms with van der Waals surface area (Å²) in [6.45, 7) is 0.864. The Morgan fingerprint density at radius 1 is 1.00 bits per heavy atom. The molecule has 0 unspecified atom stereocenters. The Bertz CT molecular complexity index is 882. The van der Waals surface area contributed by atoms with Gasteiger partial charge in [-0.3, -0.25) is 0 Å². The van der Waals surface area contributed by atoms with Crippen LogP contribution >= 0.6 is 34.8 Å². The number of rotatable bonds is 2. The number of anilines is 1. The van der Waals surface area contributed by atoms with E-state index in [1.54, 1.807) is 0 Å². The summed E-state index contributed by atoms with van der Waals surface area (Å²) in [6, 6.07) is 13.1. The molecule has 6 heteroatoms. The number of hydrogen-bond donors (Lipinski definition) is 1. The monoisotopic (exact) mass is 363 g/mol. The maximum Gasteiger partial charge on any atom is 0.133 e. The van der Waals surface area contributed by atoms with Gasteiger partial charge in [0.25, 0.3) is 0 Å². The van der Waals surface area contributed by atoms with Crippen molar-refractivity contribution in [2.45, 2.75) is 6.42 Å². The SMILES string of the molecule is Clc1cccc(-n2nc(-c3c(Cl)cccc3Cl)c3c2NCC3)c1. The molecular formula is C17H12Cl3N3. The number of nitrogens with zero attached hydrogens (tertiary/aromatic N) is 2. The predicted octanol–water partition coefficient (Wildman–Crippen LogP) is 5.47. The highest BCUT2D eigenvalue weighted by Crippen LogP contribution is 2.40. The summed E-state index contributed by atoms with van der Waals surface area (Å²) in [6.07, 6.45) is 0.882. The van der Waals surface area contributed by atoms with Crippen LogP contribution in [0, 0.1) is 0 Å². The van der Waals surface area contributed by atoms with E-state index in [9.17, 15) is 0 Å². The Labute approximate surface area is 148 Å². The fourth-order valence-electron chi connectivity index (χ4n) is 2.89. The summed E-state index contributed by atoms with van der Waals surface area (Å²) in [4.78, 5) is 0. The van der Waals surface area contributed by atoms with E-state index in [1.807, 2.05) is 47.1 Å². The van der Waals surface area contributed by atoms with E-state index < -0.39 is 0 Å². The van der Waals surface area contributed by atoms with Gasteiger partial charge in [-0.05, 0) is 36.8 Å². The molecule has 0 bridgehead atoms. The van der Waals surface area contributed by atoms with E-state index in [1.165, 1.54) is 0 Å². The lowest BCUT2D eigenvalue weighted by Crippen LogP contribution is -2.04. The molecule has 0 aliphatic carbocycles. The van der Waals surface area contributed by atoms with Gasteiger partial charge in [0.05, 0.1) is 15.7 Å². The van der Waals surface area contributed by atoms with Crippen LogP contribution in [0.5, 0.6) is 0 Å². The van der Waals surface area contributed by atoms with Crippen molar-refractivity contribution in [3.8, 4) is 16.9 Å². The first-order valence-electron chi connectivity index (χ1n) is 7.21. The molecular weight excluding hydrogens is 353 g/mol. The summed E-state index contributed by atoms with van der Waals surface area (Å²) in [7, 11) is 0. The van der Waals surface area contributed by atoms with Crippen LogP contribution in [0.3, 0.4) is 0 Å². The second-order valence-electron chi connectivity index (χ2n) is 5.34. The average molecular weight is 365 g/mol. The maximum atomic E-state index is 6.37. The molecule has 0 saturated carbocycles. The molecule has 23 heavy (non-hydrogen) atoms. The van der Waals surface area contributed by atoms with Crippen molar-refractivity contribution in [3.63, 3.8) is 0 Å².